The van der Waals surface area contributed by atoms with Crippen molar-refractivity contribution in [2.24, 2.45) is 5.92 Å². The highest BCUT2D eigenvalue weighted by atomic mass is 32.1. The molecular formula is C16H22N2O2S. The second-order valence-corrected chi connectivity index (χ2v) is 6.37. The summed E-state index contributed by atoms with van der Waals surface area (Å²) in [6.45, 7) is 5.34. The second kappa shape index (κ2) is 8.18. The second-order valence-electron chi connectivity index (χ2n) is 5.37. The molecule has 0 unspecified atom stereocenters. The fourth-order valence-corrected chi connectivity index (χ4v) is 3.42. The smallest absolute Gasteiger partial charge is 0.216 e. The molecule has 1 amide bonds. The summed E-state index contributed by atoms with van der Waals surface area (Å²) in [5.41, 5.74) is 1.04. The molecule has 1 aromatic rings. The van der Waals surface area contributed by atoms with Crippen LogP contribution in [0.15, 0.2) is 11.4 Å². The van der Waals surface area contributed by atoms with E-state index in [1.54, 1.807) is 18.3 Å². The SMILES string of the molecule is CC(=O)NCC1CCN(Cc2sccc2C#CCO)CC1. The van der Waals surface area contributed by atoms with Crippen LogP contribution in [-0.2, 0) is 11.3 Å². The van der Waals surface area contributed by atoms with Crippen LogP contribution < -0.4 is 5.32 Å². The molecule has 0 spiro atoms. The minimum absolute atomic E-state index is 0.0584. The third kappa shape index (κ3) is 5.16. The maximum absolute atomic E-state index is 10.9. The third-order valence-corrected chi connectivity index (χ3v) is 4.67. The summed E-state index contributed by atoms with van der Waals surface area (Å²) in [6, 6.07) is 2.02. The van der Waals surface area contributed by atoms with Crippen LogP contribution >= 0.6 is 11.3 Å². The number of likely N-dealkylation sites (tertiary alicyclic amines) is 1. The molecule has 1 aromatic heterocycles. The molecule has 4 nitrogen and oxygen atoms in total. The van der Waals surface area contributed by atoms with E-state index in [0.29, 0.717) is 5.92 Å². The Bertz CT molecular complexity index is 522. The summed E-state index contributed by atoms with van der Waals surface area (Å²) in [5, 5.41) is 13.8. The zero-order valence-corrected chi connectivity index (χ0v) is 13.2. The standard InChI is InChI=1S/C16H22N2O2S/c1-13(20)17-11-14-4-7-18(8-5-14)12-16-15(3-2-9-19)6-10-21-16/h6,10,14,19H,4-5,7-9,11-12H2,1H3,(H,17,20). The van der Waals surface area contributed by atoms with Crippen LogP contribution in [0.25, 0.3) is 0 Å². The molecule has 2 rings (SSSR count). The zero-order valence-electron chi connectivity index (χ0n) is 12.4. The van der Waals surface area contributed by atoms with Crippen LogP contribution in [0.2, 0.25) is 0 Å². The van der Waals surface area contributed by atoms with E-state index in [0.717, 1.165) is 44.6 Å². The van der Waals surface area contributed by atoms with E-state index in [-0.39, 0.29) is 12.5 Å². The van der Waals surface area contributed by atoms with E-state index >= 15 is 0 Å². The first-order chi connectivity index (χ1) is 10.2. The van der Waals surface area contributed by atoms with Gasteiger partial charge in [-0.25, -0.2) is 0 Å². The van der Waals surface area contributed by atoms with Gasteiger partial charge in [-0.3, -0.25) is 9.69 Å². The number of aliphatic hydroxyl groups excluding tert-OH is 1. The summed E-state index contributed by atoms with van der Waals surface area (Å²) < 4.78 is 0. The van der Waals surface area contributed by atoms with Crippen LogP contribution in [-0.4, -0.2) is 42.2 Å². The Morgan fingerprint density at radius 3 is 2.95 bits per heavy atom. The van der Waals surface area contributed by atoms with Gasteiger partial charge in [0.1, 0.15) is 6.61 Å². The Kier molecular flexibility index (Phi) is 6.24. The molecule has 114 valence electrons. The molecule has 2 heterocycles. The van der Waals surface area contributed by atoms with Crippen LogP contribution in [0.3, 0.4) is 0 Å². The quantitative estimate of drug-likeness (QED) is 0.828. The number of rotatable bonds is 4. The number of nitrogens with one attached hydrogen (secondary N) is 1. The summed E-state index contributed by atoms with van der Waals surface area (Å²) in [4.78, 5) is 14.7. The Morgan fingerprint density at radius 1 is 1.52 bits per heavy atom. The van der Waals surface area contributed by atoms with Gasteiger partial charge in [-0.15, -0.1) is 11.3 Å². The molecule has 5 heteroatoms. The molecule has 1 aliphatic rings. The summed E-state index contributed by atoms with van der Waals surface area (Å²) in [5.74, 6) is 6.38. The maximum Gasteiger partial charge on any atom is 0.216 e. The highest BCUT2D eigenvalue weighted by molar-refractivity contribution is 7.10. The average Bonchev–Trinajstić information content (AvgIpc) is 2.91. The number of aliphatic hydroxyl groups is 1. The minimum atomic E-state index is -0.0934. The number of amides is 1. The van der Waals surface area contributed by atoms with Crippen LogP contribution in [0.4, 0.5) is 0 Å². The van der Waals surface area contributed by atoms with Gasteiger partial charge in [0.05, 0.1) is 0 Å². The van der Waals surface area contributed by atoms with Crippen molar-refractivity contribution in [1.82, 2.24) is 10.2 Å². The van der Waals surface area contributed by atoms with Crippen molar-refractivity contribution in [1.29, 1.82) is 0 Å². The third-order valence-electron chi connectivity index (χ3n) is 3.76. The number of nitrogens with zero attached hydrogens (tertiary/aromatic N) is 1. The maximum atomic E-state index is 10.9. The first-order valence-electron chi connectivity index (χ1n) is 7.32. The molecule has 1 aliphatic heterocycles. The number of hydrogen-bond acceptors (Lipinski definition) is 4. The van der Waals surface area contributed by atoms with Crippen molar-refractivity contribution < 1.29 is 9.90 Å². The lowest BCUT2D eigenvalue weighted by Crippen LogP contribution is -2.37. The lowest BCUT2D eigenvalue weighted by molar-refractivity contribution is -0.119. The summed E-state index contributed by atoms with van der Waals surface area (Å²) >= 11 is 1.73. The van der Waals surface area contributed by atoms with Gasteiger partial charge in [-0.2, -0.15) is 0 Å². The minimum Gasteiger partial charge on any atom is -0.384 e. The van der Waals surface area contributed by atoms with E-state index in [9.17, 15) is 4.79 Å². The molecular weight excluding hydrogens is 284 g/mol. The number of piperidine rings is 1. The molecule has 2 N–H and O–H groups in total. The monoisotopic (exact) mass is 306 g/mol. The van der Waals surface area contributed by atoms with E-state index < -0.39 is 0 Å². The van der Waals surface area contributed by atoms with Gasteiger partial charge in [-0.05, 0) is 43.3 Å². The molecule has 1 fully saturated rings. The lowest BCUT2D eigenvalue weighted by atomic mass is 9.96. The highest BCUT2D eigenvalue weighted by Gasteiger charge is 2.20. The number of carbonyl (C=O) groups excluding carboxylic acids is 1. The van der Waals surface area contributed by atoms with Crippen LogP contribution in [0, 0.1) is 17.8 Å². The molecule has 0 radical (unpaired) electrons. The van der Waals surface area contributed by atoms with Crippen molar-refractivity contribution in [2.75, 3.05) is 26.2 Å². The first-order valence-corrected chi connectivity index (χ1v) is 8.20. The van der Waals surface area contributed by atoms with Crippen molar-refractivity contribution in [3.63, 3.8) is 0 Å². The molecule has 1 saturated heterocycles. The van der Waals surface area contributed by atoms with Gasteiger partial charge in [0.2, 0.25) is 5.91 Å². The Balaban J connectivity index is 1.81. The van der Waals surface area contributed by atoms with Gasteiger partial charge >= 0.3 is 0 Å². The van der Waals surface area contributed by atoms with E-state index in [1.165, 1.54) is 4.88 Å². The van der Waals surface area contributed by atoms with Crippen LogP contribution in [0.1, 0.15) is 30.2 Å². The summed E-state index contributed by atoms with van der Waals surface area (Å²) in [6.07, 6.45) is 2.26. The normalized spacial score (nSPS) is 16.3. The predicted molar refractivity (Wildman–Crippen MR) is 85.0 cm³/mol. The molecule has 0 bridgehead atoms. The van der Waals surface area contributed by atoms with Crippen molar-refractivity contribution in [3.8, 4) is 11.8 Å². The van der Waals surface area contributed by atoms with Gasteiger partial charge < -0.3 is 10.4 Å². The topological polar surface area (TPSA) is 52.6 Å². The molecule has 0 saturated carbocycles. The largest absolute Gasteiger partial charge is 0.384 e. The van der Waals surface area contributed by atoms with E-state index in [4.69, 9.17) is 5.11 Å². The van der Waals surface area contributed by atoms with Crippen molar-refractivity contribution in [3.05, 3.63) is 21.9 Å². The van der Waals surface area contributed by atoms with Gasteiger partial charge in [-0.1, -0.05) is 11.8 Å². The van der Waals surface area contributed by atoms with Gasteiger partial charge in [0, 0.05) is 30.5 Å². The van der Waals surface area contributed by atoms with Crippen LogP contribution in [0.5, 0.6) is 0 Å². The van der Waals surface area contributed by atoms with E-state index in [1.807, 2.05) is 6.07 Å². The zero-order chi connectivity index (χ0) is 15.1. The first kappa shape index (κ1) is 16.0. The predicted octanol–water partition coefficient (Wildman–Crippen LogP) is 1.44. The fourth-order valence-electron chi connectivity index (χ4n) is 2.55. The molecule has 0 aliphatic carbocycles. The summed E-state index contributed by atoms with van der Waals surface area (Å²) in [7, 11) is 0. The number of carbonyl (C=O) groups is 1. The number of hydrogen-bond donors (Lipinski definition) is 2. The Morgan fingerprint density at radius 2 is 2.29 bits per heavy atom. The Labute approximate surface area is 130 Å². The lowest BCUT2D eigenvalue weighted by Gasteiger charge is -2.31. The van der Waals surface area contributed by atoms with E-state index in [2.05, 4.69) is 27.4 Å². The van der Waals surface area contributed by atoms with Gasteiger partial charge in [0.25, 0.3) is 0 Å². The Hall–Kier alpha value is -1.35. The molecule has 21 heavy (non-hydrogen) atoms. The molecule has 0 atom stereocenters. The average molecular weight is 306 g/mol. The fraction of sp³-hybridized carbons (Fsp3) is 0.562. The highest BCUT2D eigenvalue weighted by Crippen LogP contribution is 2.22. The van der Waals surface area contributed by atoms with Crippen molar-refractivity contribution in [2.45, 2.75) is 26.3 Å². The number of thiophene rings is 1. The van der Waals surface area contributed by atoms with Gasteiger partial charge in [0.15, 0.2) is 0 Å². The van der Waals surface area contributed by atoms with Crippen molar-refractivity contribution >= 4 is 17.2 Å². The molecule has 0 aromatic carbocycles.